The van der Waals surface area contributed by atoms with Crippen molar-refractivity contribution in [3.8, 4) is 5.75 Å². The summed E-state index contributed by atoms with van der Waals surface area (Å²) in [4.78, 5) is 50.5. The Labute approximate surface area is 277 Å². The monoisotopic (exact) mass is 668 g/mol. The number of fused-ring (bicyclic) bond motifs is 1. The molecule has 1 amide bonds. The van der Waals surface area contributed by atoms with Crippen LogP contribution in [-0.2, 0) is 23.9 Å². The Bertz CT molecular complexity index is 1640. The Morgan fingerprint density at radius 3 is 2.64 bits per heavy atom. The van der Waals surface area contributed by atoms with E-state index in [1.54, 1.807) is 38.1 Å². The van der Waals surface area contributed by atoms with Gasteiger partial charge in [-0.05, 0) is 56.9 Å². The fourth-order valence-electron chi connectivity index (χ4n) is 5.16. The molecule has 14 heteroatoms. The zero-order valence-corrected chi connectivity index (χ0v) is 27.1. The predicted molar refractivity (Wildman–Crippen MR) is 175 cm³/mol. The molecule has 1 unspecified atom stereocenters. The van der Waals surface area contributed by atoms with Crippen LogP contribution in [0.2, 0.25) is 5.02 Å². The predicted octanol–water partition coefficient (Wildman–Crippen LogP) is 4.56. The highest BCUT2D eigenvalue weighted by Crippen LogP contribution is 2.36. The Hall–Kier alpha value is -4.33. The average molecular weight is 669 g/mol. The topological polar surface area (TPSA) is 135 Å². The molecule has 0 bridgehead atoms. The summed E-state index contributed by atoms with van der Waals surface area (Å²) in [5.41, 5.74) is 1.55. The van der Waals surface area contributed by atoms with Crippen molar-refractivity contribution >= 4 is 57.5 Å². The second-order valence-electron chi connectivity index (χ2n) is 11.3. The van der Waals surface area contributed by atoms with Crippen LogP contribution in [0.3, 0.4) is 0 Å². The summed E-state index contributed by atoms with van der Waals surface area (Å²) < 4.78 is 30.2. The molecule has 2 N–H and O–H groups in total. The van der Waals surface area contributed by atoms with Crippen molar-refractivity contribution in [1.29, 1.82) is 0 Å². The highest BCUT2D eigenvalue weighted by Gasteiger charge is 2.33. The molecule has 1 aliphatic carbocycles. The number of esters is 2. The van der Waals surface area contributed by atoms with Gasteiger partial charge in [0, 0.05) is 49.4 Å². The molecule has 2 heterocycles. The van der Waals surface area contributed by atoms with Crippen molar-refractivity contribution in [3.63, 3.8) is 0 Å². The zero-order valence-electron chi connectivity index (χ0n) is 26.3. The van der Waals surface area contributed by atoms with Crippen LogP contribution in [0.1, 0.15) is 26.7 Å². The Balaban J connectivity index is 1.30. The maximum Gasteiger partial charge on any atom is 0.324 e. The summed E-state index contributed by atoms with van der Waals surface area (Å²) in [5, 5.41) is 6.63. The van der Waals surface area contributed by atoms with Gasteiger partial charge in [-0.3, -0.25) is 24.2 Å². The van der Waals surface area contributed by atoms with Gasteiger partial charge in [-0.1, -0.05) is 17.7 Å². The van der Waals surface area contributed by atoms with Gasteiger partial charge in [0.1, 0.15) is 29.8 Å². The van der Waals surface area contributed by atoms with Crippen molar-refractivity contribution in [1.82, 2.24) is 19.8 Å². The average Bonchev–Trinajstić information content (AvgIpc) is 3.87. The van der Waals surface area contributed by atoms with Crippen LogP contribution in [0.4, 0.5) is 21.6 Å². The summed E-state index contributed by atoms with van der Waals surface area (Å²) >= 11 is 5.97. The van der Waals surface area contributed by atoms with E-state index in [1.165, 1.54) is 24.5 Å². The molecule has 12 nitrogen and oxygen atoms in total. The number of anilines is 3. The van der Waals surface area contributed by atoms with E-state index in [2.05, 4.69) is 20.6 Å². The van der Waals surface area contributed by atoms with Crippen LogP contribution in [0.5, 0.6) is 5.75 Å². The Morgan fingerprint density at radius 1 is 1.09 bits per heavy atom. The molecule has 3 aromatic rings. The van der Waals surface area contributed by atoms with Crippen molar-refractivity contribution in [2.24, 2.45) is 5.92 Å². The molecule has 1 atom stereocenters. The molecular formula is C33H38ClFN6O6. The number of hydrogen-bond acceptors (Lipinski definition) is 11. The molecule has 2 fully saturated rings. The summed E-state index contributed by atoms with van der Waals surface area (Å²) in [6.07, 6.45) is 6.68. The summed E-state index contributed by atoms with van der Waals surface area (Å²) in [6, 6.07) is 7.14. The molecule has 1 aliphatic heterocycles. The van der Waals surface area contributed by atoms with Gasteiger partial charge >= 0.3 is 11.9 Å². The van der Waals surface area contributed by atoms with E-state index >= 15 is 0 Å². The molecule has 5 rings (SSSR count). The first-order chi connectivity index (χ1) is 22.7. The number of hydrogen-bond donors (Lipinski definition) is 2. The Kier molecular flexibility index (Phi) is 11.6. The lowest BCUT2D eigenvalue weighted by Gasteiger charge is -2.39. The van der Waals surface area contributed by atoms with Crippen LogP contribution in [-0.4, -0.2) is 96.2 Å². The van der Waals surface area contributed by atoms with Crippen LogP contribution in [0.25, 0.3) is 10.9 Å². The molecule has 2 aromatic carbocycles. The van der Waals surface area contributed by atoms with Crippen molar-refractivity contribution in [2.75, 3.05) is 63.2 Å². The van der Waals surface area contributed by atoms with E-state index in [9.17, 15) is 18.8 Å². The van der Waals surface area contributed by atoms with Crippen LogP contribution in [0.15, 0.2) is 48.8 Å². The highest BCUT2D eigenvalue weighted by molar-refractivity contribution is 6.31. The van der Waals surface area contributed by atoms with Gasteiger partial charge in [0.05, 0.1) is 42.6 Å². The minimum Gasteiger partial charge on any atom is -0.491 e. The number of carbonyl (C=O) groups excluding carboxylic acids is 3. The number of amides is 1. The van der Waals surface area contributed by atoms with Gasteiger partial charge in [-0.25, -0.2) is 14.4 Å². The van der Waals surface area contributed by atoms with Crippen LogP contribution < -0.4 is 15.4 Å². The lowest BCUT2D eigenvalue weighted by molar-refractivity contribution is -0.154. The molecule has 0 radical (unpaired) electrons. The van der Waals surface area contributed by atoms with Gasteiger partial charge in [-0.2, -0.15) is 0 Å². The van der Waals surface area contributed by atoms with Crippen LogP contribution in [0, 0.1) is 11.7 Å². The number of benzene rings is 2. The number of aromatic nitrogens is 2. The number of nitrogens with zero attached hydrogens (tertiary/aromatic N) is 4. The Morgan fingerprint density at radius 2 is 1.89 bits per heavy atom. The van der Waals surface area contributed by atoms with Gasteiger partial charge in [-0.15, -0.1) is 0 Å². The number of nitrogens with one attached hydrogen (secondary N) is 2. The third kappa shape index (κ3) is 9.37. The number of halogens is 2. The molecule has 250 valence electrons. The maximum atomic E-state index is 13.7. The molecule has 1 saturated heterocycles. The van der Waals surface area contributed by atoms with E-state index in [0.29, 0.717) is 72.5 Å². The highest BCUT2D eigenvalue weighted by atomic mass is 35.5. The number of piperazine rings is 1. The molecule has 1 aromatic heterocycles. The van der Waals surface area contributed by atoms with Crippen molar-refractivity contribution < 1.29 is 33.0 Å². The quantitative estimate of drug-likeness (QED) is 0.185. The van der Waals surface area contributed by atoms with E-state index in [0.717, 1.165) is 12.8 Å². The second kappa shape index (κ2) is 16.0. The van der Waals surface area contributed by atoms with Gasteiger partial charge < -0.3 is 24.8 Å². The summed E-state index contributed by atoms with van der Waals surface area (Å²) in [6.45, 7) is 6.28. The molecular weight excluding hydrogens is 631 g/mol. The lowest BCUT2D eigenvalue weighted by Crippen LogP contribution is -2.57. The first-order valence-electron chi connectivity index (χ1n) is 15.6. The van der Waals surface area contributed by atoms with Gasteiger partial charge in [0.15, 0.2) is 0 Å². The normalized spacial score (nSPS) is 17.1. The van der Waals surface area contributed by atoms with Crippen molar-refractivity contribution in [3.05, 3.63) is 59.7 Å². The molecule has 0 spiro atoms. The minimum absolute atomic E-state index is 0.0315. The number of rotatable bonds is 14. The fourth-order valence-corrected chi connectivity index (χ4v) is 5.34. The van der Waals surface area contributed by atoms with Crippen LogP contribution >= 0.6 is 11.6 Å². The van der Waals surface area contributed by atoms with E-state index in [1.807, 2.05) is 9.80 Å². The first kappa shape index (κ1) is 34.0. The summed E-state index contributed by atoms with van der Waals surface area (Å²) in [5.74, 6) is -0.278. The SMILES string of the molecule is CCOC(=O)CN1CCN(C/C=C/C(=O)Nc2cc3c(Nc4ccc(F)c(Cl)c4)ncnc3cc2OCC2CC2)C(C(=O)OCC)C1. The molecule has 2 aliphatic rings. The fraction of sp³-hybridized carbons (Fsp3) is 0.424. The van der Waals surface area contributed by atoms with E-state index in [4.69, 9.17) is 25.8 Å². The molecule has 1 saturated carbocycles. The van der Waals surface area contributed by atoms with Gasteiger partial charge in [0.25, 0.3) is 0 Å². The number of ether oxygens (including phenoxy) is 3. The smallest absolute Gasteiger partial charge is 0.324 e. The third-order valence-corrected chi connectivity index (χ3v) is 8.04. The van der Waals surface area contributed by atoms with E-state index < -0.39 is 17.8 Å². The minimum atomic E-state index is -0.601. The number of carbonyl (C=O) groups is 3. The first-order valence-corrected chi connectivity index (χ1v) is 16.0. The maximum absolute atomic E-state index is 13.7. The second-order valence-corrected chi connectivity index (χ2v) is 11.7. The molecule has 47 heavy (non-hydrogen) atoms. The lowest BCUT2D eigenvalue weighted by atomic mass is 10.1. The van der Waals surface area contributed by atoms with E-state index in [-0.39, 0.29) is 36.7 Å². The zero-order chi connectivity index (χ0) is 33.3. The van der Waals surface area contributed by atoms with Gasteiger partial charge in [0.2, 0.25) is 5.91 Å². The standard InChI is InChI=1S/C33H38ClFN6O6/c1-3-45-31(43)18-40-12-13-41(28(17-40)33(44)46-4-2)11-5-6-30(42)39-27-15-23-26(16-29(27)47-19-21-7-8-21)36-20-37-32(23)38-22-9-10-25(35)24(34)14-22/h5-6,9-10,14-16,20-21,28H,3-4,7-8,11-13,17-19H2,1-2H3,(H,39,42)(H,36,37,38)/b6-5+. The van der Waals surface area contributed by atoms with Crippen molar-refractivity contribution in [2.45, 2.75) is 32.7 Å². The summed E-state index contributed by atoms with van der Waals surface area (Å²) in [7, 11) is 0. The third-order valence-electron chi connectivity index (χ3n) is 7.75. The largest absolute Gasteiger partial charge is 0.491 e.